The Morgan fingerprint density at radius 1 is 1.35 bits per heavy atom. The molecule has 1 N–H and O–H groups in total. The second-order valence-electron chi connectivity index (χ2n) is 5.78. The Morgan fingerprint density at radius 2 is 2.00 bits per heavy atom. The number of nitrogens with one attached hydrogen (secondary N) is 1. The van der Waals surface area contributed by atoms with Crippen LogP contribution in [0.3, 0.4) is 0 Å². The Hall–Kier alpha value is -1.75. The summed E-state index contributed by atoms with van der Waals surface area (Å²) in [5, 5.41) is 4.89. The molecule has 1 aromatic rings. The maximum Gasteiger partial charge on any atom is 0.376 e. The van der Waals surface area contributed by atoms with E-state index in [0.29, 0.717) is 23.2 Å². The molecule has 0 unspecified atom stereocenters. The largest absolute Gasteiger partial charge is 0.460 e. The monoisotopic (exact) mass is 337 g/mol. The van der Waals surface area contributed by atoms with Gasteiger partial charge in [-0.15, -0.1) is 5.10 Å². The Bertz CT molecular complexity index is 567. The predicted octanol–water partition coefficient (Wildman–Crippen LogP) is 3.89. The number of piperidine rings is 1. The molecule has 126 valence electrons. The molecule has 0 aromatic heterocycles. The van der Waals surface area contributed by atoms with Gasteiger partial charge in [0.15, 0.2) is 0 Å². The van der Waals surface area contributed by atoms with Crippen LogP contribution in [-0.4, -0.2) is 35.4 Å². The van der Waals surface area contributed by atoms with Gasteiger partial charge in [-0.1, -0.05) is 23.7 Å². The van der Waals surface area contributed by atoms with Crippen molar-refractivity contribution in [1.82, 2.24) is 4.90 Å². The van der Waals surface area contributed by atoms with E-state index in [9.17, 15) is 4.79 Å². The third-order valence-electron chi connectivity index (χ3n) is 4.05. The average Bonchev–Trinajstić information content (AvgIpc) is 2.51. The first-order chi connectivity index (χ1) is 11.0. The highest BCUT2D eigenvalue weighted by molar-refractivity contribution is 6.36. The van der Waals surface area contributed by atoms with Crippen LogP contribution in [0, 0.1) is 0 Å². The van der Waals surface area contributed by atoms with E-state index in [2.05, 4.69) is 24.4 Å². The Morgan fingerprint density at radius 3 is 2.61 bits per heavy atom. The predicted molar refractivity (Wildman–Crippen MR) is 93.8 cm³/mol. The average molecular weight is 338 g/mol. The van der Waals surface area contributed by atoms with Crippen molar-refractivity contribution in [2.45, 2.75) is 52.1 Å². The van der Waals surface area contributed by atoms with E-state index in [1.54, 1.807) is 13.0 Å². The number of esters is 1. The van der Waals surface area contributed by atoms with E-state index >= 15 is 0 Å². The van der Waals surface area contributed by atoms with E-state index in [4.69, 9.17) is 16.3 Å². The highest BCUT2D eigenvalue weighted by atomic mass is 35.5. The SMILES string of the molecule is CCOC(=O)/C(=N/Nc1ccccc1Cl)N1[C@H](C)CCC[C@@H]1C. The van der Waals surface area contributed by atoms with E-state index < -0.39 is 5.97 Å². The zero-order chi connectivity index (χ0) is 16.8. The number of nitrogens with zero attached hydrogens (tertiary/aromatic N) is 2. The number of ether oxygens (including phenoxy) is 1. The second-order valence-corrected chi connectivity index (χ2v) is 6.19. The van der Waals surface area contributed by atoms with E-state index in [-0.39, 0.29) is 12.1 Å². The van der Waals surface area contributed by atoms with E-state index in [1.807, 2.05) is 23.1 Å². The fraction of sp³-hybridized carbons (Fsp3) is 0.529. The zero-order valence-electron chi connectivity index (χ0n) is 13.9. The number of likely N-dealkylation sites (tertiary alicyclic amines) is 1. The summed E-state index contributed by atoms with van der Waals surface area (Å²) in [6, 6.07) is 7.79. The van der Waals surface area contributed by atoms with Gasteiger partial charge in [0.05, 0.1) is 17.3 Å². The van der Waals surface area contributed by atoms with Gasteiger partial charge in [0.25, 0.3) is 0 Å². The number of hydrogen-bond donors (Lipinski definition) is 1. The van der Waals surface area contributed by atoms with Crippen LogP contribution < -0.4 is 5.43 Å². The molecule has 2 atom stereocenters. The Labute approximate surface area is 142 Å². The quantitative estimate of drug-likeness (QED) is 0.393. The van der Waals surface area contributed by atoms with Gasteiger partial charge in [0, 0.05) is 12.1 Å². The van der Waals surface area contributed by atoms with Crippen molar-refractivity contribution in [2.24, 2.45) is 5.10 Å². The number of rotatable bonds is 3. The third-order valence-corrected chi connectivity index (χ3v) is 4.38. The van der Waals surface area contributed by atoms with Gasteiger partial charge in [0.2, 0.25) is 5.84 Å². The summed E-state index contributed by atoms with van der Waals surface area (Å²) in [6.07, 6.45) is 3.23. The van der Waals surface area contributed by atoms with Crippen LogP contribution in [0.2, 0.25) is 5.02 Å². The van der Waals surface area contributed by atoms with Crippen LogP contribution in [0.15, 0.2) is 29.4 Å². The number of para-hydroxylation sites is 1. The van der Waals surface area contributed by atoms with Crippen LogP contribution in [0.5, 0.6) is 0 Å². The smallest absolute Gasteiger partial charge is 0.376 e. The first kappa shape index (κ1) is 17.6. The van der Waals surface area contributed by atoms with Gasteiger partial charge in [-0.2, -0.15) is 0 Å². The lowest BCUT2D eigenvalue weighted by Gasteiger charge is -2.40. The molecular weight excluding hydrogens is 314 g/mol. The van der Waals surface area contributed by atoms with Crippen LogP contribution in [-0.2, 0) is 9.53 Å². The normalized spacial score (nSPS) is 21.9. The summed E-state index contributed by atoms with van der Waals surface area (Å²) in [5.41, 5.74) is 3.56. The molecule has 0 saturated carbocycles. The summed E-state index contributed by atoms with van der Waals surface area (Å²) < 4.78 is 5.19. The maximum atomic E-state index is 12.4. The molecule has 23 heavy (non-hydrogen) atoms. The number of benzene rings is 1. The fourth-order valence-electron chi connectivity index (χ4n) is 2.91. The molecule has 0 aliphatic carbocycles. The molecule has 1 heterocycles. The number of hydrazone groups is 1. The van der Waals surface area contributed by atoms with E-state index in [0.717, 1.165) is 19.3 Å². The van der Waals surface area contributed by atoms with Crippen molar-refractivity contribution in [3.63, 3.8) is 0 Å². The van der Waals surface area contributed by atoms with Crippen LogP contribution in [0.25, 0.3) is 0 Å². The lowest BCUT2D eigenvalue weighted by molar-refractivity contribution is -0.136. The first-order valence-corrected chi connectivity index (χ1v) is 8.46. The minimum atomic E-state index is -0.410. The molecule has 1 saturated heterocycles. The number of carbonyl (C=O) groups is 1. The molecule has 2 rings (SSSR count). The third kappa shape index (κ3) is 4.38. The lowest BCUT2D eigenvalue weighted by Crippen LogP contribution is -2.51. The second kappa shape index (κ2) is 8.20. The number of hydrogen-bond acceptors (Lipinski definition) is 4. The lowest BCUT2D eigenvalue weighted by atomic mass is 9.97. The minimum Gasteiger partial charge on any atom is -0.460 e. The van der Waals surface area contributed by atoms with Crippen molar-refractivity contribution < 1.29 is 9.53 Å². The van der Waals surface area contributed by atoms with Crippen molar-refractivity contribution in [2.75, 3.05) is 12.0 Å². The van der Waals surface area contributed by atoms with Crippen LogP contribution >= 0.6 is 11.6 Å². The number of halogens is 1. The van der Waals surface area contributed by atoms with Gasteiger partial charge in [-0.25, -0.2) is 4.79 Å². The molecule has 0 bridgehead atoms. The standard InChI is InChI=1S/C17H24ClN3O2/c1-4-23-17(22)16(21-12(2)8-7-9-13(21)3)20-19-15-11-6-5-10-14(15)18/h5-6,10-13,19H,4,7-9H2,1-3H3/b20-16-/t12-,13+. The molecular formula is C17H24ClN3O2. The molecule has 1 aliphatic heterocycles. The van der Waals surface area contributed by atoms with Gasteiger partial charge in [0.1, 0.15) is 0 Å². The minimum absolute atomic E-state index is 0.245. The molecule has 6 heteroatoms. The Balaban J connectivity index is 2.28. The Kier molecular flexibility index (Phi) is 6.28. The molecule has 5 nitrogen and oxygen atoms in total. The van der Waals surface area contributed by atoms with E-state index in [1.165, 1.54) is 0 Å². The highest BCUT2D eigenvalue weighted by Gasteiger charge is 2.32. The first-order valence-electron chi connectivity index (χ1n) is 8.08. The van der Waals surface area contributed by atoms with Crippen molar-refractivity contribution >= 4 is 29.1 Å². The van der Waals surface area contributed by atoms with Gasteiger partial charge >= 0.3 is 5.97 Å². The molecule has 1 fully saturated rings. The number of amidine groups is 1. The van der Waals surface area contributed by atoms with Crippen molar-refractivity contribution in [3.05, 3.63) is 29.3 Å². The molecule has 0 radical (unpaired) electrons. The number of anilines is 1. The summed E-state index contributed by atoms with van der Waals surface area (Å²) in [7, 11) is 0. The van der Waals surface area contributed by atoms with Gasteiger partial charge in [-0.05, 0) is 52.2 Å². The number of carbonyl (C=O) groups excluding carboxylic acids is 1. The molecule has 1 aromatic carbocycles. The van der Waals surface area contributed by atoms with Gasteiger partial charge < -0.3 is 9.64 Å². The molecule has 1 aliphatic rings. The van der Waals surface area contributed by atoms with Gasteiger partial charge in [-0.3, -0.25) is 5.43 Å². The van der Waals surface area contributed by atoms with Crippen molar-refractivity contribution in [1.29, 1.82) is 0 Å². The maximum absolute atomic E-state index is 12.4. The molecule has 0 amide bonds. The topological polar surface area (TPSA) is 53.9 Å². The van der Waals surface area contributed by atoms with Crippen molar-refractivity contribution in [3.8, 4) is 0 Å². The molecule has 0 spiro atoms. The summed E-state index contributed by atoms with van der Waals surface area (Å²) in [6.45, 7) is 6.33. The summed E-state index contributed by atoms with van der Waals surface area (Å²) in [4.78, 5) is 14.4. The summed E-state index contributed by atoms with van der Waals surface area (Å²) in [5.74, 6) is -0.0980. The fourth-order valence-corrected chi connectivity index (χ4v) is 3.09. The summed E-state index contributed by atoms with van der Waals surface area (Å²) >= 11 is 6.13. The highest BCUT2D eigenvalue weighted by Crippen LogP contribution is 2.24. The zero-order valence-corrected chi connectivity index (χ0v) is 14.6. The van der Waals surface area contributed by atoms with Crippen LogP contribution in [0.1, 0.15) is 40.0 Å². The van der Waals surface area contributed by atoms with Crippen LogP contribution in [0.4, 0.5) is 5.69 Å².